The molecule has 1 N–H and O–H groups in total. The van der Waals surface area contributed by atoms with Gasteiger partial charge >= 0.3 is 5.97 Å². The Morgan fingerprint density at radius 1 is 1.15 bits per heavy atom. The first-order valence-corrected chi connectivity index (χ1v) is 9.71. The fourth-order valence-electron chi connectivity index (χ4n) is 3.54. The minimum atomic E-state index is -0.690. The van der Waals surface area contributed by atoms with Crippen molar-refractivity contribution in [3.05, 3.63) is 41.0 Å². The number of hydrogen-bond donors (Lipinski definition) is 1. The molecule has 0 saturated carbocycles. The highest BCUT2D eigenvalue weighted by molar-refractivity contribution is 7.17. The second kappa shape index (κ2) is 6.68. The Labute approximate surface area is 156 Å². The highest BCUT2D eigenvalue weighted by atomic mass is 32.1. The standard InChI is InChI=1S/C20H21N3O2S/c1-12-3-5-14(6-4-12)16-11-26-19-17(16)18(21-13(2)22-19)23-9-7-15(8-10-23)20(24)25/h3-6,11,15H,7-10H2,1-2H3,(H,24,25). The first-order chi connectivity index (χ1) is 12.5. The van der Waals surface area contributed by atoms with E-state index in [1.54, 1.807) is 11.3 Å². The van der Waals surface area contributed by atoms with E-state index in [1.807, 2.05) is 6.92 Å². The van der Waals surface area contributed by atoms with Crippen molar-refractivity contribution in [3.63, 3.8) is 0 Å². The Balaban J connectivity index is 1.78. The van der Waals surface area contributed by atoms with Gasteiger partial charge in [0.15, 0.2) is 0 Å². The highest BCUT2D eigenvalue weighted by Crippen LogP contribution is 2.39. The maximum atomic E-state index is 11.2. The molecule has 0 atom stereocenters. The molecule has 0 radical (unpaired) electrons. The Kier molecular flexibility index (Phi) is 4.36. The van der Waals surface area contributed by atoms with Gasteiger partial charge in [-0.2, -0.15) is 0 Å². The number of aryl methyl sites for hydroxylation is 2. The molecule has 3 aromatic rings. The third-order valence-corrected chi connectivity index (χ3v) is 5.90. The summed E-state index contributed by atoms with van der Waals surface area (Å²) < 4.78 is 0. The summed E-state index contributed by atoms with van der Waals surface area (Å²) in [6.07, 6.45) is 1.31. The van der Waals surface area contributed by atoms with Crippen LogP contribution in [0.5, 0.6) is 0 Å². The third-order valence-electron chi connectivity index (χ3n) is 5.03. The fraction of sp³-hybridized carbons (Fsp3) is 0.350. The molecule has 134 valence electrons. The van der Waals surface area contributed by atoms with Crippen LogP contribution in [0.15, 0.2) is 29.6 Å². The molecule has 6 heteroatoms. The van der Waals surface area contributed by atoms with E-state index in [0.29, 0.717) is 25.9 Å². The lowest BCUT2D eigenvalue weighted by atomic mass is 9.96. The van der Waals surface area contributed by atoms with Crippen LogP contribution in [0.2, 0.25) is 0 Å². The molecular weight excluding hydrogens is 346 g/mol. The lowest BCUT2D eigenvalue weighted by Gasteiger charge is -2.31. The van der Waals surface area contributed by atoms with Crippen molar-refractivity contribution >= 4 is 33.3 Å². The van der Waals surface area contributed by atoms with Crippen molar-refractivity contribution < 1.29 is 9.90 Å². The summed E-state index contributed by atoms with van der Waals surface area (Å²) in [7, 11) is 0. The van der Waals surface area contributed by atoms with Crippen LogP contribution < -0.4 is 4.90 Å². The van der Waals surface area contributed by atoms with Crippen LogP contribution in [-0.2, 0) is 4.79 Å². The van der Waals surface area contributed by atoms with Gasteiger partial charge in [0.2, 0.25) is 0 Å². The molecule has 4 rings (SSSR count). The van der Waals surface area contributed by atoms with Crippen LogP contribution >= 0.6 is 11.3 Å². The molecule has 2 aromatic heterocycles. The second-order valence-electron chi connectivity index (χ2n) is 6.89. The number of fused-ring (bicyclic) bond motifs is 1. The van der Waals surface area contributed by atoms with E-state index in [9.17, 15) is 9.90 Å². The zero-order valence-electron chi connectivity index (χ0n) is 14.9. The van der Waals surface area contributed by atoms with Crippen molar-refractivity contribution in [3.8, 4) is 11.1 Å². The van der Waals surface area contributed by atoms with Crippen molar-refractivity contribution in [1.29, 1.82) is 0 Å². The fourth-order valence-corrected chi connectivity index (χ4v) is 4.53. The van der Waals surface area contributed by atoms with Crippen LogP contribution in [0.25, 0.3) is 21.3 Å². The van der Waals surface area contributed by atoms with Crippen LogP contribution in [-0.4, -0.2) is 34.1 Å². The summed E-state index contributed by atoms with van der Waals surface area (Å²) in [5.41, 5.74) is 3.55. The lowest BCUT2D eigenvalue weighted by molar-refractivity contribution is -0.142. The van der Waals surface area contributed by atoms with E-state index in [2.05, 4.69) is 46.5 Å². The number of piperidine rings is 1. The number of nitrogens with zero attached hydrogens (tertiary/aromatic N) is 3. The van der Waals surface area contributed by atoms with Gasteiger partial charge in [0.25, 0.3) is 0 Å². The largest absolute Gasteiger partial charge is 0.481 e. The minimum absolute atomic E-state index is 0.247. The molecule has 1 aliphatic heterocycles. The summed E-state index contributed by atoms with van der Waals surface area (Å²) in [4.78, 5) is 23.8. The molecule has 1 aromatic carbocycles. The smallest absolute Gasteiger partial charge is 0.306 e. The molecule has 3 heterocycles. The molecule has 1 aliphatic rings. The number of anilines is 1. The molecule has 0 amide bonds. The molecule has 1 saturated heterocycles. The summed E-state index contributed by atoms with van der Waals surface area (Å²) in [5, 5.41) is 12.5. The first-order valence-electron chi connectivity index (χ1n) is 8.83. The summed E-state index contributed by atoms with van der Waals surface area (Å²) in [6.45, 7) is 5.43. The van der Waals surface area contributed by atoms with Crippen molar-refractivity contribution in [2.45, 2.75) is 26.7 Å². The third kappa shape index (κ3) is 3.05. The van der Waals surface area contributed by atoms with Crippen molar-refractivity contribution in [2.24, 2.45) is 5.92 Å². The van der Waals surface area contributed by atoms with Crippen molar-refractivity contribution in [2.75, 3.05) is 18.0 Å². The lowest BCUT2D eigenvalue weighted by Crippen LogP contribution is -2.37. The van der Waals surface area contributed by atoms with Gasteiger partial charge in [-0.25, -0.2) is 9.97 Å². The van der Waals surface area contributed by atoms with Gasteiger partial charge in [-0.15, -0.1) is 11.3 Å². The number of carbonyl (C=O) groups is 1. The average Bonchev–Trinajstić information content (AvgIpc) is 3.05. The van der Waals surface area contributed by atoms with Crippen molar-refractivity contribution in [1.82, 2.24) is 9.97 Å². The first kappa shape index (κ1) is 17.0. The Morgan fingerprint density at radius 2 is 1.85 bits per heavy atom. The molecule has 0 bridgehead atoms. The van der Waals surface area contributed by atoms with Gasteiger partial charge in [0.1, 0.15) is 16.5 Å². The second-order valence-corrected chi connectivity index (χ2v) is 7.75. The normalized spacial score (nSPS) is 15.5. The van der Waals surface area contributed by atoms with E-state index >= 15 is 0 Å². The topological polar surface area (TPSA) is 66.3 Å². The molecular formula is C20H21N3O2S. The summed E-state index contributed by atoms with van der Waals surface area (Å²) >= 11 is 1.64. The zero-order chi connectivity index (χ0) is 18.3. The van der Waals surface area contributed by atoms with Crippen LogP contribution in [0.1, 0.15) is 24.2 Å². The highest BCUT2D eigenvalue weighted by Gasteiger charge is 2.27. The molecule has 26 heavy (non-hydrogen) atoms. The Morgan fingerprint density at radius 3 is 2.50 bits per heavy atom. The average molecular weight is 367 g/mol. The summed E-state index contributed by atoms with van der Waals surface area (Å²) in [6, 6.07) is 8.51. The van der Waals surface area contributed by atoms with Crippen LogP contribution in [0.4, 0.5) is 5.82 Å². The predicted octanol–water partition coefficient (Wildman–Crippen LogP) is 4.28. The summed E-state index contributed by atoms with van der Waals surface area (Å²) in [5.74, 6) is 0.756. The van der Waals surface area contributed by atoms with E-state index in [1.165, 1.54) is 5.56 Å². The van der Waals surface area contributed by atoms with E-state index < -0.39 is 5.97 Å². The number of carboxylic acids is 1. The van der Waals surface area contributed by atoms with E-state index in [-0.39, 0.29) is 5.92 Å². The molecule has 0 unspecified atom stereocenters. The maximum absolute atomic E-state index is 11.2. The quantitative estimate of drug-likeness (QED) is 0.748. The molecule has 1 fully saturated rings. The van der Waals surface area contributed by atoms with Gasteiger partial charge in [-0.05, 0) is 32.3 Å². The number of aromatic nitrogens is 2. The Bertz CT molecular complexity index is 957. The Hall–Kier alpha value is -2.47. The predicted molar refractivity (Wildman–Crippen MR) is 105 cm³/mol. The molecule has 5 nitrogen and oxygen atoms in total. The van der Waals surface area contributed by atoms with Crippen LogP contribution in [0, 0.1) is 19.8 Å². The van der Waals surface area contributed by atoms with Gasteiger partial charge in [-0.1, -0.05) is 29.8 Å². The van der Waals surface area contributed by atoms with Crippen LogP contribution in [0.3, 0.4) is 0 Å². The molecule has 0 aliphatic carbocycles. The van der Waals surface area contributed by atoms with Gasteiger partial charge in [0, 0.05) is 24.0 Å². The molecule has 0 spiro atoms. The number of aliphatic carboxylic acids is 1. The number of benzene rings is 1. The van der Waals surface area contributed by atoms with E-state index in [0.717, 1.165) is 33.0 Å². The number of thiophene rings is 1. The van der Waals surface area contributed by atoms with Gasteiger partial charge in [0.05, 0.1) is 11.3 Å². The number of rotatable bonds is 3. The SMILES string of the molecule is Cc1ccc(-c2csc3nc(C)nc(N4CCC(C(=O)O)CC4)c23)cc1. The monoisotopic (exact) mass is 367 g/mol. The number of hydrogen-bond acceptors (Lipinski definition) is 5. The zero-order valence-corrected chi connectivity index (χ0v) is 15.7. The van der Waals surface area contributed by atoms with Gasteiger partial charge in [-0.3, -0.25) is 4.79 Å². The number of carboxylic acid groups (broad SMARTS) is 1. The maximum Gasteiger partial charge on any atom is 0.306 e. The minimum Gasteiger partial charge on any atom is -0.481 e. The van der Waals surface area contributed by atoms with E-state index in [4.69, 9.17) is 4.98 Å². The van der Waals surface area contributed by atoms with Gasteiger partial charge < -0.3 is 10.0 Å².